The van der Waals surface area contributed by atoms with Crippen molar-refractivity contribution in [1.29, 1.82) is 0 Å². The van der Waals surface area contributed by atoms with Crippen LogP contribution in [0.15, 0.2) is 24.3 Å². The van der Waals surface area contributed by atoms with Crippen molar-refractivity contribution in [2.75, 3.05) is 19.7 Å². The topological polar surface area (TPSA) is 87.1 Å². The summed E-state index contributed by atoms with van der Waals surface area (Å²) in [6, 6.07) is 7.25. The Labute approximate surface area is 136 Å². The van der Waals surface area contributed by atoms with Gasteiger partial charge in [0.25, 0.3) is 0 Å². The van der Waals surface area contributed by atoms with Crippen LogP contribution in [0.2, 0.25) is 0 Å². The molecule has 6 nitrogen and oxygen atoms in total. The lowest BCUT2D eigenvalue weighted by atomic mass is 9.94. The second-order valence-corrected chi connectivity index (χ2v) is 6.24. The first-order chi connectivity index (χ1) is 11.2. The summed E-state index contributed by atoms with van der Waals surface area (Å²) in [7, 11) is 0. The average Bonchev–Trinajstić information content (AvgIpc) is 2.97. The van der Waals surface area contributed by atoms with E-state index in [9.17, 15) is 23.5 Å². The van der Waals surface area contributed by atoms with Crippen LogP contribution in [-0.2, 0) is 16.0 Å². The first-order valence-corrected chi connectivity index (χ1v) is 7.58. The summed E-state index contributed by atoms with van der Waals surface area (Å²) in [5.74, 6) is -6.97. The smallest absolute Gasteiger partial charge is 0.377 e. The highest BCUT2D eigenvalue weighted by Gasteiger charge is 2.62. The lowest BCUT2D eigenvalue weighted by Gasteiger charge is -2.31. The molecule has 0 spiro atoms. The number of likely N-dealkylation sites (tertiary alicyclic amines) is 1. The van der Waals surface area contributed by atoms with Crippen molar-refractivity contribution in [2.45, 2.75) is 24.4 Å². The number of hydrogen-bond donors (Lipinski definition) is 2. The Hall–Kier alpha value is -2.22. The van der Waals surface area contributed by atoms with E-state index in [0.29, 0.717) is 12.2 Å². The summed E-state index contributed by atoms with van der Waals surface area (Å²) in [5, 5.41) is 18.6. The van der Waals surface area contributed by atoms with Gasteiger partial charge in [0, 0.05) is 13.0 Å². The van der Waals surface area contributed by atoms with Crippen LogP contribution >= 0.6 is 0 Å². The summed E-state index contributed by atoms with van der Waals surface area (Å²) in [6.07, 6.45) is -0.0680. The number of halogens is 2. The van der Waals surface area contributed by atoms with E-state index < -0.39 is 42.3 Å². The number of aliphatic carboxylic acids is 1. The zero-order chi connectivity index (χ0) is 17.5. The minimum Gasteiger partial charge on any atom is -0.492 e. The summed E-state index contributed by atoms with van der Waals surface area (Å²) < 4.78 is 32.9. The van der Waals surface area contributed by atoms with Gasteiger partial charge in [-0.05, 0) is 18.1 Å². The van der Waals surface area contributed by atoms with Crippen molar-refractivity contribution in [2.24, 2.45) is 5.92 Å². The van der Waals surface area contributed by atoms with Crippen molar-refractivity contribution >= 4 is 11.9 Å². The van der Waals surface area contributed by atoms with Crippen LogP contribution in [0.1, 0.15) is 12.0 Å². The predicted molar refractivity (Wildman–Crippen MR) is 77.9 cm³/mol. The van der Waals surface area contributed by atoms with Crippen LogP contribution in [0.5, 0.6) is 5.75 Å². The molecule has 2 atom stereocenters. The van der Waals surface area contributed by atoms with Gasteiger partial charge in [0.15, 0.2) is 5.60 Å². The SMILES string of the molecule is O=C(C1COc2ccccc2C1)N1CCC(O)(C(F)(F)C(=O)O)C1. The van der Waals surface area contributed by atoms with Crippen LogP contribution in [-0.4, -0.2) is 58.2 Å². The number of ether oxygens (including phenoxy) is 1. The molecule has 24 heavy (non-hydrogen) atoms. The van der Waals surface area contributed by atoms with E-state index in [1.165, 1.54) is 0 Å². The van der Waals surface area contributed by atoms with Gasteiger partial charge < -0.3 is 19.8 Å². The zero-order valence-electron chi connectivity index (χ0n) is 12.7. The molecular weight excluding hydrogens is 324 g/mol. The van der Waals surface area contributed by atoms with Gasteiger partial charge in [-0.3, -0.25) is 4.79 Å². The van der Waals surface area contributed by atoms with Gasteiger partial charge in [-0.2, -0.15) is 8.78 Å². The molecular formula is C16H17F2NO5. The molecule has 2 aliphatic rings. The number of alkyl halides is 2. The Morgan fingerprint density at radius 1 is 1.33 bits per heavy atom. The highest BCUT2D eigenvalue weighted by atomic mass is 19.3. The van der Waals surface area contributed by atoms with E-state index in [1.54, 1.807) is 6.07 Å². The zero-order valence-corrected chi connectivity index (χ0v) is 12.7. The maximum Gasteiger partial charge on any atom is 0.377 e. The Morgan fingerprint density at radius 3 is 2.75 bits per heavy atom. The molecule has 2 heterocycles. The molecule has 1 saturated heterocycles. The van der Waals surface area contributed by atoms with Gasteiger partial charge in [-0.15, -0.1) is 0 Å². The lowest BCUT2D eigenvalue weighted by Crippen LogP contribution is -2.55. The van der Waals surface area contributed by atoms with E-state index in [0.717, 1.165) is 10.5 Å². The third kappa shape index (κ3) is 2.60. The minimum absolute atomic E-state index is 0.115. The standard InChI is InChI=1S/C16H17F2NO5/c17-16(18,14(21)22)15(23)5-6-19(9-15)13(20)11-7-10-3-1-2-4-12(10)24-8-11/h1-4,11,23H,5-9H2,(H,21,22). The number of para-hydroxylation sites is 1. The maximum atomic E-state index is 13.7. The van der Waals surface area contributed by atoms with E-state index in [1.807, 2.05) is 18.2 Å². The fourth-order valence-electron chi connectivity index (χ4n) is 3.18. The molecule has 2 aliphatic heterocycles. The molecule has 1 aromatic rings. The molecule has 0 aliphatic carbocycles. The minimum atomic E-state index is -4.31. The van der Waals surface area contributed by atoms with Gasteiger partial charge in [0.2, 0.25) is 5.91 Å². The molecule has 0 aromatic heterocycles. The number of β-amino-alcohol motifs (C(OH)–C–C–N with tert-alkyl or cyclic N) is 1. The van der Waals surface area contributed by atoms with Crippen molar-refractivity contribution in [3.05, 3.63) is 29.8 Å². The van der Waals surface area contributed by atoms with Gasteiger partial charge >= 0.3 is 11.9 Å². The second-order valence-electron chi connectivity index (χ2n) is 6.24. The highest BCUT2D eigenvalue weighted by Crippen LogP contribution is 2.38. The second kappa shape index (κ2) is 5.70. The number of hydrogen-bond acceptors (Lipinski definition) is 4. The van der Waals surface area contributed by atoms with Crippen molar-refractivity contribution < 1.29 is 33.3 Å². The maximum absolute atomic E-state index is 13.7. The molecule has 1 aromatic carbocycles. The molecule has 3 rings (SSSR count). The first kappa shape index (κ1) is 16.6. The molecule has 2 unspecified atom stereocenters. The molecule has 1 fully saturated rings. The van der Waals surface area contributed by atoms with Crippen LogP contribution < -0.4 is 4.74 Å². The Kier molecular flexibility index (Phi) is 3.95. The van der Waals surface area contributed by atoms with Crippen LogP contribution in [0, 0.1) is 5.92 Å². The molecule has 2 N–H and O–H groups in total. The first-order valence-electron chi connectivity index (χ1n) is 7.58. The summed E-state index contributed by atoms with van der Waals surface area (Å²) in [5.41, 5.74) is -1.89. The molecule has 1 amide bonds. The van der Waals surface area contributed by atoms with Gasteiger partial charge in [-0.25, -0.2) is 4.79 Å². The lowest BCUT2D eigenvalue weighted by molar-refractivity contribution is -0.205. The number of carboxylic acid groups (broad SMARTS) is 1. The Balaban J connectivity index is 1.71. The van der Waals surface area contributed by atoms with E-state index in [-0.39, 0.29) is 13.2 Å². The largest absolute Gasteiger partial charge is 0.492 e. The number of rotatable bonds is 3. The predicted octanol–water partition coefficient (Wildman–Crippen LogP) is 0.921. The third-order valence-electron chi connectivity index (χ3n) is 4.64. The van der Waals surface area contributed by atoms with Crippen LogP contribution in [0.4, 0.5) is 8.78 Å². The summed E-state index contributed by atoms with van der Waals surface area (Å²) >= 11 is 0. The Morgan fingerprint density at radius 2 is 2.04 bits per heavy atom. The fourth-order valence-corrected chi connectivity index (χ4v) is 3.18. The average molecular weight is 341 g/mol. The van der Waals surface area contributed by atoms with Crippen molar-refractivity contribution in [3.8, 4) is 5.75 Å². The Bertz CT molecular complexity index is 680. The number of carboxylic acids is 1. The molecule has 0 radical (unpaired) electrons. The van der Waals surface area contributed by atoms with Crippen LogP contribution in [0.3, 0.4) is 0 Å². The number of carbonyl (C=O) groups excluding carboxylic acids is 1. The molecule has 8 heteroatoms. The van der Waals surface area contributed by atoms with E-state index >= 15 is 0 Å². The number of nitrogens with zero attached hydrogens (tertiary/aromatic N) is 1. The number of benzene rings is 1. The van der Waals surface area contributed by atoms with Crippen molar-refractivity contribution in [3.63, 3.8) is 0 Å². The number of carbonyl (C=O) groups is 2. The number of aliphatic hydroxyl groups is 1. The quantitative estimate of drug-likeness (QED) is 0.854. The van der Waals surface area contributed by atoms with Crippen molar-refractivity contribution in [1.82, 2.24) is 4.90 Å². The molecule has 130 valence electrons. The number of amides is 1. The van der Waals surface area contributed by atoms with Gasteiger partial charge in [0.1, 0.15) is 12.4 Å². The van der Waals surface area contributed by atoms with Crippen LogP contribution in [0.25, 0.3) is 0 Å². The number of fused-ring (bicyclic) bond motifs is 1. The molecule has 0 saturated carbocycles. The van der Waals surface area contributed by atoms with E-state index in [2.05, 4.69) is 0 Å². The summed E-state index contributed by atoms with van der Waals surface area (Å²) in [4.78, 5) is 24.3. The highest BCUT2D eigenvalue weighted by molar-refractivity contribution is 5.81. The third-order valence-corrected chi connectivity index (χ3v) is 4.64. The monoisotopic (exact) mass is 341 g/mol. The normalized spacial score (nSPS) is 26.6. The van der Waals surface area contributed by atoms with E-state index in [4.69, 9.17) is 9.84 Å². The van der Waals surface area contributed by atoms with Gasteiger partial charge in [0.05, 0.1) is 12.5 Å². The van der Waals surface area contributed by atoms with Gasteiger partial charge in [-0.1, -0.05) is 18.2 Å². The fraction of sp³-hybridized carbons (Fsp3) is 0.500. The summed E-state index contributed by atoms with van der Waals surface area (Å²) in [6.45, 7) is -0.695. The molecule has 0 bridgehead atoms.